The molecule has 138 valence electrons. The molecule has 0 amide bonds. The van der Waals surface area contributed by atoms with Crippen molar-refractivity contribution in [3.8, 4) is 0 Å². The summed E-state index contributed by atoms with van der Waals surface area (Å²) in [4.78, 5) is 12.8. The van der Waals surface area contributed by atoms with Crippen LogP contribution in [0.5, 0.6) is 0 Å². The number of hydrogen-bond donors (Lipinski definition) is 1. The van der Waals surface area contributed by atoms with Gasteiger partial charge in [-0.05, 0) is 22.7 Å². The molecule has 0 heterocycles. The number of hydrogen-bond acceptors (Lipinski definition) is 3. The van der Waals surface area contributed by atoms with E-state index in [1.807, 2.05) is 91.0 Å². The van der Waals surface area contributed by atoms with Gasteiger partial charge < -0.3 is 9.53 Å². The zero-order valence-electron chi connectivity index (χ0n) is 15.3. The van der Waals surface area contributed by atoms with Crippen LogP contribution in [0.2, 0.25) is 0 Å². The van der Waals surface area contributed by atoms with E-state index in [0.29, 0.717) is 0 Å². The second kappa shape index (κ2) is 9.30. The molecule has 0 saturated carbocycles. The lowest BCUT2D eigenvalue weighted by molar-refractivity contribution is -0.155. The number of benzene rings is 3. The lowest BCUT2D eigenvalue weighted by Gasteiger charge is -2.27. The molecule has 0 unspecified atom stereocenters. The van der Waals surface area contributed by atoms with Crippen molar-refractivity contribution in [1.82, 2.24) is 0 Å². The fraction of sp³-hybridized carbons (Fsp3) is 0.174. The Morgan fingerprint density at radius 3 is 1.59 bits per heavy atom. The first kappa shape index (κ1) is 19.1. The van der Waals surface area contributed by atoms with E-state index < -0.39 is 21.3 Å². The van der Waals surface area contributed by atoms with Gasteiger partial charge >= 0.3 is 5.97 Å². The van der Waals surface area contributed by atoms with E-state index in [4.69, 9.17) is 4.43 Å². The third kappa shape index (κ3) is 5.64. The van der Waals surface area contributed by atoms with Gasteiger partial charge in [0.1, 0.15) is 0 Å². The molecule has 1 N–H and O–H groups in total. The van der Waals surface area contributed by atoms with E-state index in [1.165, 1.54) is 0 Å². The largest absolute Gasteiger partial charge is 0.522 e. The molecule has 3 aromatic rings. The van der Waals surface area contributed by atoms with Gasteiger partial charge in [0.05, 0.1) is 0 Å². The van der Waals surface area contributed by atoms with Gasteiger partial charge in [-0.3, -0.25) is 4.79 Å². The van der Waals surface area contributed by atoms with Gasteiger partial charge in [-0.25, -0.2) is 0 Å². The van der Waals surface area contributed by atoms with E-state index in [1.54, 1.807) is 0 Å². The minimum atomic E-state index is -1.56. The quantitative estimate of drug-likeness (QED) is 0.615. The third-order valence-corrected chi connectivity index (χ3v) is 5.77. The van der Waals surface area contributed by atoms with Crippen LogP contribution in [-0.2, 0) is 28.1 Å². The number of carbonyl (C=O) groups is 1. The summed E-state index contributed by atoms with van der Waals surface area (Å²) in [5, 5.41) is 11.2. The van der Waals surface area contributed by atoms with Crippen molar-refractivity contribution in [3.05, 3.63) is 108 Å². The first-order valence-electron chi connectivity index (χ1n) is 9.17. The van der Waals surface area contributed by atoms with Gasteiger partial charge in [0.15, 0.2) is 5.60 Å². The van der Waals surface area contributed by atoms with Crippen molar-refractivity contribution < 1.29 is 14.3 Å². The number of aliphatic hydroxyl groups is 1. The van der Waals surface area contributed by atoms with Crippen molar-refractivity contribution in [2.45, 2.75) is 24.5 Å². The van der Waals surface area contributed by atoms with Crippen molar-refractivity contribution in [1.29, 1.82) is 0 Å². The van der Waals surface area contributed by atoms with Gasteiger partial charge in [0.2, 0.25) is 9.76 Å². The molecule has 0 aromatic heterocycles. The molecule has 0 atom stereocenters. The van der Waals surface area contributed by atoms with Crippen molar-refractivity contribution in [2.24, 2.45) is 0 Å². The van der Waals surface area contributed by atoms with Gasteiger partial charge in [0.25, 0.3) is 0 Å². The van der Waals surface area contributed by atoms with Gasteiger partial charge in [-0.1, -0.05) is 91.0 Å². The zero-order chi connectivity index (χ0) is 19.0. The Kier molecular flexibility index (Phi) is 6.57. The molecule has 0 fully saturated rings. The van der Waals surface area contributed by atoms with Crippen molar-refractivity contribution in [2.75, 3.05) is 0 Å². The third-order valence-electron chi connectivity index (χ3n) is 4.53. The van der Waals surface area contributed by atoms with Crippen LogP contribution < -0.4 is 0 Å². The molecule has 0 aliphatic rings. The highest BCUT2D eigenvalue weighted by Gasteiger charge is 2.37. The summed E-state index contributed by atoms with van der Waals surface area (Å²) in [7, 11) is -1.10. The second-order valence-electron chi connectivity index (χ2n) is 6.73. The van der Waals surface area contributed by atoms with Crippen molar-refractivity contribution in [3.63, 3.8) is 0 Å². The first-order chi connectivity index (χ1) is 13.2. The van der Waals surface area contributed by atoms with Crippen molar-refractivity contribution >= 4 is 15.7 Å². The molecular formula is C23H24O3Si. The Morgan fingerprint density at radius 2 is 1.15 bits per heavy atom. The maximum absolute atomic E-state index is 12.8. The Morgan fingerprint density at radius 1 is 0.741 bits per heavy atom. The normalized spacial score (nSPS) is 11.6. The van der Waals surface area contributed by atoms with Crippen LogP contribution in [-0.4, -0.2) is 26.4 Å². The van der Waals surface area contributed by atoms with Crippen LogP contribution in [0.25, 0.3) is 0 Å². The molecule has 0 radical (unpaired) electrons. The molecule has 0 aliphatic heterocycles. The van der Waals surface area contributed by atoms with Gasteiger partial charge in [0, 0.05) is 12.8 Å². The first-order valence-corrected chi connectivity index (χ1v) is 10.7. The average Bonchev–Trinajstić information content (AvgIpc) is 2.70. The van der Waals surface area contributed by atoms with Crippen LogP contribution in [0.4, 0.5) is 0 Å². The molecule has 3 nitrogen and oxygen atoms in total. The summed E-state index contributed by atoms with van der Waals surface area (Å²) < 4.78 is 5.61. The van der Waals surface area contributed by atoms with Crippen LogP contribution in [0.3, 0.4) is 0 Å². The summed E-state index contributed by atoms with van der Waals surface area (Å²) in [6.45, 7) is 0. The zero-order valence-corrected chi connectivity index (χ0v) is 16.7. The Hall–Kier alpha value is -2.69. The molecular weight excluding hydrogens is 352 g/mol. The average molecular weight is 377 g/mol. The molecule has 0 aliphatic carbocycles. The van der Waals surface area contributed by atoms with Crippen LogP contribution >= 0.6 is 0 Å². The maximum Gasteiger partial charge on any atom is 0.325 e. The molecule has 27 heavy (non-hydrogen) atoms. The molecule has 4 heteroatoms. The molecule has 3 rings (SSSR count). The lowest BCUT2D eigenvalue weighted by atomic mass is 9.88. The Balaban J connectivity index is 1.70. The fourth-order valence-electron chi connectivity index (χ4n) is 3.11. The Labute approximate surface area is 162 Å². The highest BCUT2D eigenvalue weighted by atomic mass is 28.2. The molecule has 0 bridgehead atoms. The van der Waals surface area contributed by atoms with Crippen LogP contribution in [0, 0.1) is 0 Å². The van der Waals surface area contributed by atoms with Gasteiger partial charge in [-0.15, -0.1) is 0 Å². The highest BCUT2D eigenvalue weighted by Crippen LogP contribution is 2.21. The van der Waals surface area contributed by atoms with E-state index in [9.17, 15) is 9.90 Å². The van der Waals surface area contributed by atoms with Gasteiger partial charge in [-0.2, -0.15) is 0 Å². The fourth-order valence-corrected chi connectivity index (χ4v) is 4.24. The minimum Gasteiger partial charge on any atom is -0.522 e. The smallest absolute Gasteiger partial charge is 0.325 e. The summed E-state index contributed by atoms with van der Waals surface area (Å²) >= 11 is 0. The summed E-state index contributed by atoms with van der Waals surface area (Å²) in [5.74, 6) is -0.516. The highest BCUT2D eigenvalue weighted by molar-refractivity contribution is 6.30. The van der Waals surface area contributed by atoms with E-state index >= 15 is 0 Å². The maximum atomic E-state index is 12.8. The number of carbonyl (C=O) groups excluding carboxylic acids is 1. The minimum absolute atomic E-state index is 0.237. The molecule has 0 saturated heterocycles. The SMILES string of the molecule is O=C(O[SiH2]Cc1ccccc1)C(O)(Cc1ccccc1)Cc1ccccc1. The predicted molar refractivity (Wildman–Crippen MR) is 110 cm³/mol. The molecule has 3 aromatic carbocycles. The predicted octanol–water partition coefficient (Wildman–Crippen LogP) is 3.03. The summed E-state index contributed by atoms with van der Waals surface area (Å²) in [5.41, 5.74) is 1.42. The van der Waals surface area contributed by atoms with E-state index in [0.717, 1.165) is 22.7 Å². The second-order valence-corrected chi connectivity index (χ2v) is 7.92. The Bertz CT molecular complexity index is 794. The van der Waals surface area contributed by atoms with Crippen LogP contribution in [0.15, 0.2) is 91.0 Å². The monoisotopic (exact) mass is 376 g/mol. The standard InChI is InChI=1S/C23H24O3Si/c24-22(26-27-18-21-14-8-3-9-15-21)23(25,16-19-10-4-1-5-11-19)17-20-12-6-2-7-13-20/h1-15,25H,16-18,27H2. The lowest BCUT2D eigenvalue weighted by Crippen LogP contribution is -2.45. The number of rotatable bonds is 8. The van der Waals surface area contributed by atoms with Crippen LogP contribution in [0.1, 0.15) is 16.7 Å². The van der Waals surface area contributed by atoms with E-state index in [-0.39, 0.29) is 12.8 Å². The van der Waals surface area contributed by atoms with E-state index in [2.05, 4.69) is 0 Å². The summed E-state index contributed by atoms with van der Waals surface area (Å²) in [6.07, 6.45) is 0.475. The molecule has 0 spiro atoms. The topological polar surface area (TPSA) is 46.5 Å². The summed E-state index contributed by atoms with van der Waals surface area (Å²) in [6, 6.07) is 29.9.